The fourth-order valence-electron chi connectivity index (χ4n) is 3.21. The van der Waals surface area contributed by atoms with Gasteiger partial charge in [-0.1, -0.05) is 19.9 Å². The largest absolute Gasteiger partial charge is 0.342 e. The summed E-state index contributed by atoms with van der Waals surface area (Å²) in [6, 6.07) is 5.90. The Hall–Kier alpha value is -1.36. The van der Waals surface area contributed by atoms with Crippen molar-refractivity contribution in [2.45, 2.75) is 46.5 Å². The van der Waals surface area contributed by atoms with Gasteiger partial charge in [-0.15, -0.1) is 0 Å². The molecule has 1 N–H and O–H groups in total. The van der Waals surface area contributed by atoms with Crippen molar-refractivity contribution in [3.05, 3.63) is 28.2 Å². The van der Waals surface area contributed by atoms with Crippen molar-refractivity contribution in [1.82, 2.24) is 4.90 Å². The van der Waals surface area contributed by atoms with Gasteiger partial charge in [0.05, 0.1) is 5.69 Å². The van der Waals surface area contributed by atoms with Crippen molar-refractivity contribution in [2.24, 2.45) is 11.8 Å². The lowest BCUT2D eigenvalue weighted by molar-refractivity contribution is -0.138. The SMILES string of the molecule is CCC(CC)C(=O)N1CCC(C(=O)Nc2ccc(C)cc2Br)CC1. The van der Waals surface area contributed by atoms with E-state index in [2.05, 4.69) is 35.1 Å². The number of rotatable bonds is 5. The third-order valence-corrected chi connectivity index (χ3v) is 5.55. The lowest BCUT2D eigenvalue weighted by Crippen LogP contribution is -2.43. The number of halogens is 1. The number of likely N-dealkylation sites (tertiary alicyclic amines) is 1. The van der Waals surface area contributed by atoms with Crippen LogP contribution in [-0.4, -0.2) is 29.8 Å². The molecule has 1 fully saturated rings. The number of hydrogen-bond donors (Lipinski definition) is 1. The van der Waals surface area contributed by atoms with E-state index < -0.39 is 0 Å². The van der Waals surface area contributed by atoms with Crippen LogP contribution < -0.4 is 5.32 Å². The van der Waals surface area contributed by atoms with Gasteiger partial charge >= 0.3 is 0 Å². The van der Waals surface area contributed by atoms with Gasteiger partial charge in [0.25, 0.3) is 0 Å². The van der Waals surface area contributed by atoms with E-state index >= 15 is 0 Å². The van der Waals surface area contributed by atoms with E-state index in [1.807, 2.05) is 30.0 Å². The van der Waals surface area contributed by atoms with E-state index in [4.69, 9.17) is 0 Å². The molecule has 2 rings (SSSR count). The number of nitrogens with zero attached hydrogens (tertiary/aromatic N) is 1. The molecule has 1 heterocycles. The monoisotopic (exact) mass is 394 g/mol. The smallest absolute Gasteiger partial charge is 0.227 e. The highest BCUT2D eigenvalue weighted by Crippen LogP contribution is 2.26. The molecule has 0 unspecified atom stereocenters. The Kier molecular flexibility index (Phi) is 6.84. The number of aryl methyl sites for hydroxylation is 1. The summed E-state index contributed by atoms with van der Waals surface area (Å²) in [5.74, 6) is 0.400. The number of piperidine rings is 1. The first-order valence-electron chi connectivity index (χ1n) is 8.82. The highest BCUT2D eigenvalue weighted by atomic mass is 79.9. The van der Waals surface area contributed by atoms with Gasteiger partial charge in [0.15, 0.2) is 0 Å². The van der Waals surface area contributed by atoms with Gasteiger partial charge in [-0.05, 0) is 66.2 Å². The van der Waals surface area contributed by atoms with Crippen LogP contribution in [0.5, 0.6) is 0 Å². The van der Waals surface area contributed by atoms with Gasteiger partial charge in [-0.2, -0.15) is 0 Å². The summed E-state index contributed by atoms with van der Waals surface area (Å²) >= 11 is 3.49. The zero-order valence-electron chi connectivity index (χ0n) is 14.8. The molecule has 132 valence electrons. The summed E-state index contributed by atoms with van der Waals surface area (Å²) < 4.78 is 0.900. The Morgan fingerprint density at radius 3 is 2.42 bits per heavy atom. The third kappa shape index (κ3) is 4.59. The normalized spacial score (nSPS) is 15.6. The Balaban J connectivity index is 1.89. The summed E-state index contributed by atoms with van der Waals surface area (Å²) in [6.45, 7) is 7.51. The number of carbonyl (C=O) groups is 2. The first-order chi connectivity index (χ1) is 11.5. The quantitative estimate of drug-likeness (QED) is 0.805. The maximum Gasteiger partial charge on any atom is 0.227 e. The van der Waals surface area contributed by atoms with Gasteiger partial charge in [0, 0.05) is 29.4 Å². The fraction of sp³-hybridized carbons (Fsp3) is 0.579. The second-order valence-electron chi connectivity index (χ2n) is 6.59. The maximum atomic E-state index is 12.5. The van der Waals surface area contributed by atoms with E-state index in [9.17, 15) is 9.59 Å². The Labute approximate surface area is 153 Å². The van der Waals surface area contributed by atoms with Gasteiger partial charge in [-0.3, -0.25) is 9.59 Å². The third-order valence-electron chi connectivity index (χ3n) is 4.89. The molecule has 4 nitrogen and oxygen atoms in total. The second kappa shape index (κ2) is 8.65. The molecule has 1 saturated heterocycles. The minimum Gasteiger partial charge on any atom is -0.342 e. The van der Waals surface area contributed by atoms with Gasteiger partial charge in [0.2, 0.25) is 11.8 Å². The molecule has 0 bridgehead atoms. The van der Waals surface area contributed by atoms with E-state index in [-0.39, 0.29) is 23.7 Å². The predicted molar refractivity (Wildman–Crippen MR) is 101 cm³/mol. The van der Waals surface area contributed by atoms with E-state index in [0.29, 0.717) is 13.1 Å². The van der Waals surface area contributed by atoms with Crippen LogP contribution in [0.2, 0.25) is 0 Å². The zero-order valence-corrected chi connectivity index (χ0v) is 16.4. The van der Waals surface area contributed by atoms with Crippen LogP contribution >= 0.6 is 15.9 Å². The van der Waals surface area contributed by atoms with E-state index in [0.717, 1.165) is 41.4 Å². The van der Waals surface area contributed by atoms with E-state index in [1.165, 1.54) is 0 Å². The summed E-state index contributed by atoms with van der Waals surface area (Å²) in [5, 5.41) is 3.01. The minimum atomic E-state index is -0.0241. The lowest BCUT2D eigenvalue weighted by atomic mass is 9.93. The molecule has 0 aliphatic carbocycles. The Bertz CT molecular complexity index is 591. The summed E-state index contributed by atoms with van der Waals surface area (Å²) in [5.41, 5.74) is 1.95. The highest BCUT2D eigenvalue weighted by Gasteiger charge is 2.29. The topological polar surface area (TPSA) is 49.4 Å². The van der Waals surface area contributed by atoms with Gasteiger partial charge in [-0.25, -0.2) is 0 Å². The zero-order chi connectivity index (χ0) is 17.7. The van der Waals surface area contributed by atoms with Crippen molar-refractivity contribution in [3.8, 4) is 0 Å². The fourth-order valence-corrected chi connectivity index (χ4v) is 3.81. The molecule has 5 heteroatoms. The average molecular weight is 395 g/mol. The average Bonchev–Trinajstić information content (AvgIpc) is 2.58. The highest BCUT2D eigenvalue weighted by molar-refractivity contribution is 9.10. The van der Waals surface area contributed by atoms with Gasteiger partial charge in [0.1, 0.15) is 0 Å². The van der Waals surface area contributed by atoms with Gasteiger partial charge < -0.3 is 10.2 Å². The molecule has 24 heavy (non-hydrogen) atoms. The first kappa shape index (κ1) is 19.0. The number of hydrogen-bond acceptors (Lipinski definition) is 2. The van der Waals surface area contributed by atoms with Crippen LogP contribution in [0, 0.1) is 18.8 Å². The number of carbonyl (C=O) groups excluding carboxylic acids is 2. The lowest BCUT2D eigenvalue weighted by Gasteiger charge is -2.33. The molecule has 0 spiro atoms. The molecule has 1 aromatic carbocycles. The molecule has 0 saturated carbocycles. The Morgan fingerprint density at radius 1 is 1.25 bits per heavy atom. The number of nitrogens with one attached hydrogen (secondary N) is 1. The predicted octanol–water partition coefficient (Wildman–Crippen LogP) is 4.37. The molecular formula is C19H27BrN2O2. The molecule has 1 aliphatic rings. The summed E-state index contributed by atoms with van der Waals surface area (Å²) in [6.07, 6.45) is 3.25. The molecule has 1 aliphatic heterocycles. The molecule has 2 amide bonds. The molecular weight excluding hydrogens is 368 g/mol. The summed E-state index contributed by atoms with van der Waals surface area (Å²) in [7, 11) is 0. The van der Waals surface area contributed by atoms with Crippen LogP contribution in [0.25, 0.3) is 0 Å². The standard InChI is InChI=1S/C19H27BrN2O2/c1-4-14(5-2)19(24)22-10-8-15(9-11-22)18(23)21-17-7-6-13(3)12-16(17)20/h6-7,12,14-15H,4-5,8-11H2,1-3H3,(H,21,23). The van der Waals surface area contributed by atoms with Crippen LogP contribution in [0.1, 0.15) is 45.1 Å². The van der Waals surface area contributed by atoms with Crippen LogP contribution in [-0.2, 0) is 9.59 Å². The molecule has 0 radical (unpaired) electrons. The molecule has 0 atom stereocenters. The van der Waals surface area contributed by atoms with Crippen molar-refractivity contribution < 1.29 is 9.59 Å². The summed E-state index contributed by atoms with van der Waals surface area (Å²) in [4.78, 5) is 26.8. The number of benzene rings is 1. The minimum absolute atomic E-state index is 0.0241. The number of amides is 2. The second-order valence-corrected chi connectivity index (χ2v) is 7.44. The maximum absolute atomic E-state index is 12.5. The molecule has 0 aromatic heterocycles. The number of anilines is 1. The van der Waals surface area contributed by atoms with Crippen LogP contribution in [0.3, 0.4) is 0 Å². The van der Waals surface area contributed by atoms with Crippen molar-refractivity contribution >= 4 is 33.4 Å². The first-order valence-corrected chi connectivity index (χ1v) is 9.61. The van der Waals surface area contributed by atoms with Crippen molar-refractivity contribution in [3.63, 3.8) is 0 Å². The van der Waals surface area contributed by atoms with Crippen LogP contribution in [0.4, 0.5) is 5.69 Å². The van der Waals surface area contributed by atoms with E-state index in [1.54, 1.807) is 0 Å². The van der Waals surface area contributed by atoms with Crippen molar-refractivity contribution in [2.75, 3.05) is 18.4 Å². The Morgan fingerprint density at radius 2 is 1.88 bits per heavy atom. The van der Waals surface area contributed by atoms with Crippen molar-refractivity contribution in [1.29, 1.82) is 0 Å². The van der Waals surface area contributed by atoms with Crippen LogP contribution in [0.15, 0.2) is 22.7 Å². The molecule has 1 aromatic rings.